The van der Waals surface area contributed by atoms with Gasteiger partial charge in [-0.1, -0.05) is 97.3 Å². The van der Waals surface area contributed by atoms with Crippen LogP contribution in [0.25, 0.3) is 0 Å². The van der Waals surface area contributed by atoms with Crippen molar-refractivity contribution in [3.05, 3.63) is 0 Å². The molecule has 0 aliphatic heterocycles. The Hall–Kier alpha value is 0.850. The standard InChI is InChI=1S/C22H42O7S.2Na.2H/c1-19(2)16-14-12-10-8-6-4-3-5-7-9-11-13-15-17-29-21(23)18-20(22(24)25)30(26,27)28;;;;/h19-20H,3-18H2,1-2H3,(H,24,25)(H,26,27,28);;;;. The number of unbranched alkanes of at least 4 members (excludes halogenated alkanes) is 12. The van der Waals surface area contributed by atoms with E-state index in [0.29, 0.717) is 6.42 Å². The number of carboxylic acids is 1. The molecule has 0 saturated carbocycles. The van der Waals surface area contributed by atoms with E-state index in [1.807, 2.05) is 0 Å². The molecule has 32 heavy (non-hydrogen) atoms. The van der Waals surface area contributed by atoms with Crippen molar-refractivity contribution in [3.63, 3.8) is 0 Å². The molecular weight excluding hydrogens is 454 g/mol. The quantitative estimate of drug-likeness (QED) is 0.112. The Morgan fingerprint density at radius 1 is 0.750 bits per heavy atom. The first kappa shape index (κ1) is 37.4. The molecule has 0 aromatic heterocycles. The van der Waals surface area contributed by atoms with E-state index in [1.165, 1.54) is 64.2 Å². The summed E-state index contributed by atoms with van der Waals surface area (Å²) in [7, 11) is -4.82. The molecule has 1 unspecified atom stereocenters. The maximum absolute atomic E-state index is 11.5. The second-order valence-electron chi connectivity index (χ2n) is 8.55. The van der Waals surface area contributed by atoms with Crippen molar-refractivity contribution < 1.29 is 32.4 Å². The zero-order chi connectivity index (χ0) is 22.8. The Bertz CT molecular complexity index is 569. The van der Waals surface area contributed by atoms with Crippen molar-refractivity contribution in [1.29, 1.82) is 0 Å². The molecule has 2 N–H and O–H groups in total. The molecule has 182 valence electrons. The monoisotopic (exact) mass is 498 g/mol. The normalized spacial score (nSPS) is 12.0. The number of hydrogen-bond donors (Lipinski definition) is 2. The summed E-state index contributed by atoms with van der Waals surface area (Å²) in [6.45, 7) is 4.70. The first-order valence-corrected chi connectivity index (χ1v) is 13.0. The number of carbonyl (C=O) groups excluding carboxylic acids is 1. The van der Waals surface area contributed by atoms with Gasteiger partial charge in [-0.25, -0.2) is 0 Å². The minimum atomic E-state index is -4.82. The van der Waals surface area contributed by atoms with Gasteiger partial charge >= 0.3 is 71.1 Å². The fourth-order valence-corrected chi connectivity index (χ4v) is 3.92. The zero-order valence-electron chi connectivity index (χ0n) is 18.8. The molecule has 0 radical (unpaired) electrons. The van der Waals surface area contributed by atoms with E-state index in [9.17, 15) is 18.0 Å². The molecule has 7 nitrogen and oxygen atoms in total. The predicted octanol–water partition coefficient (Wildman–Crippen LogP) is 4.08. The summed E-state index contributed by atoms with van der Waals surface area (Å²) in [5.74, 6) is -1.87. The van der Waals surface area contributed by atoms with Crippen LogP contribution >= 0.6 is 0 Å². The Morgan fingerprint density at radius 2 is 1.12 bits per heavy atom. The third-order valence-corrected chi connectivity index (χ3v) is 6.26. The van der Waals surface area contributed by atoms with E-state index in [2.05, 4.69) is 13.8 Å². The Balaban J connectivity index is -0.00000420. The van der Waals surface area contributed by atoms with Gasteiger partial charge < -0.3 is 9.84 Å². The second kappa shape index (κ2) is 23.6. The number of esters is 1. The summed E-state index contributed by atoms with van der Waals surface area (Å²) in [5.41, 5.74) is 0. The summed E-state index contributed by atoms with van der Waals surface area (Å²) in [5, 5.41) is 6.56. The molecular formula is C22H44Na2O7S. The summed E-state index contributed by atoms with van der Waals surface area (Å²) in [6, 6.07) is 0. The molecule has 0 bridgehead atoms. The van der Waals surface area contributed by atoms with Crippen LogP contribution < -0.4 is 0 Å². The molecule has 0 aromatic carbocycles. The van der Waals surface area contributed by atoms with Gasteiger partial charge in [0, 0.05) is 0 Å². The first-order chi connectivity index (χ1) is 14.1. The molecule has 0 aliphatic rings. The molecule has 0 rings (SSSR count). The van der Waals surface area contributed by atoms with E-state index in [4.69, 9.17) is 14.4 Å². The van der Waals surface area contributed by atoms with Crippen molar-refractivity contribution in [3.8, 4) is 0 Å². The van der Waals surface area contributed by atoms with Crippen LogP contribution in [0.4, 0.5) is 0 Å². The Labute approximate surface area is 239 Å². The molecule has 0 spiro atoms. The number of carboxylic acid groups (broad SMARTS) is 1. The third-order valence-electron chi connectivity index (χ3n) is 5.18. The molecule has 1 atom stereocenters. The van der Waals surface area contributed by atoms with Crippen molar-refractivity contribution in [1.82, 2.24) is 0 Å². The predicted molar refractivity (Wildman–Crippen MR) is 132 cm³/mol. The average molecular weight is 499 g/mol. The molecule has 0 heterocycles. The van der Waals surface area contributed by atoms with Gasteiger partial charge in [0.05, 0.1) is 13.0 Å². The number of carbonyl (C=O) groups is 2. The molecule has 0 aliphatic carbocycles. The summed E-state index contributed by atoms with van der Waals surface area (Å²) < 4.78 is 35.5. The molecule has 10 heteroatoms. The van der Waals surface area contributed by atoms with E-state index in [0.717, 1.165) is 25.2 Å². The van der Waals surface area contributed by atoms with Gasteiger partial charge in [-0.3, -0.25) is 14.1 Å². The van der Waals surface area contributed by atoms with Crippen molar-refractivity contribution in [2.75, 3.05) is 6.61 Å². The number of rotatable bonds is 20. The summed E-state index contributed by atoms with van der Waals surface area (Å²) >= 11 is 0. The first-order valence-electron chi connectivity index (χ1n) is 11.5. The molecule has 0 saturated heterocycles. The van der Waals surface area contributed by atoms with Crippen LogP contribution in [0.2, 0.25) is 0 Å². The number of hydrogen-bond acceptors (Lipinski definition) is 5. The van der Waals surface area contributed by atoms with Crippen LogP contribution in [0.3, 0.4) is 0 Å². The van der Waals surface area contributed by atoms with Crippen LogP contribution in [-0.4, -0.2) is 101 Å². The fraction of sp³-hybridized carbons (Fsp3) is 0.909. The molecule has 0 fully saturated rings. The second-order valence-corrected chi connectivity index (χ2v) is 10.1. The van der Waals surface area contributed by atoms with Gasteiger partial charge in [0.25, 0.3) is 10.1 Å². The van der Waals surface area contributed by atoms with Gasteiger partial charge in [0.1, 0.15) is 0 Å². The van der Waals surface area contributed by atoms with Crippen molar-refractivity contribution in [2.45, 2.75) is 115 Å². The van der Waals surface area contributed by atoms with Crippen LogP contribution in [0.15, 0.2) is 0 Å². The summed E-state index contributed by atoms with van der Waals surface area (Å²) in [6.07, 6.45) is 16.1. The van der Waals surface area contributed by atoms with E-state index < -0.39 is 33.7 Å². The van der Waals surface area contributed by atoms with E-state index >= 15 is 0 Å². The van der Waals surface area contributed by atoms with Gasteiger partial charge in [0.2, 0.25) is 0 Å². The van der Waals surface area contributed by atoms with Gasteiger partial charge in [-0.15, -0.1) is 0 Å². The van der Waals surface area contributed by atoms with Gasteiger partial charge in [-0.05, 0) is 12.3 Å². The van der Waals surface area contributed by atoms with Crippen LogP contribution in [0.1, 0.15) is 110 Å². The van der Waals surface area contributed by atoms with Crippen molar-refractivity contribution in [2.24, 2.45) is 5.92 Å². The number of ether oxygens (including phenoxy) is 1. The van der Waals surface area contributed by atoms with Gasteiger partial charge in [-0.2, -0.15) is 8.42 Å². The van der Waals surface area contributed by atoms with E-state index in [-0.39, 0.29) is 65.7 Å². The molecule has 0 amide bonds. The summed E-state index contributed by atoms with van der Waals surface area (Å²) in [4.78, 5) is 22.3. The minimum absolute atomic E-state index is 0. The van der Waals surface area contributed by atoms with Crippen molar-refractivity contribution >= 4 is 81.2 Å². The third kappa shape index (κ3) is 24.0. The topological polar surface area (TPSA) is 118 Å². The Kier molecular flexibility index (Phi) is 27.6. The van der Waals surface area contributed by atoms with Crippen LogP contribution in [0, 0.1) is 5.92 Å². The zero-order valence-corrected chi connectivity index (χ0v) is 19.6. The Morgan fingerprint density at radius 3 is 1.47 bits per heavy atom. The van der Waals surface area contributed by atoms with Gasteiger partial charge in [0.15, 0.2) is 5.25 Å². The average Bonchev–Trinajstić information content (AvgIpc) is 2.64. The maximum atomic E-state index is 11.5. The van der Waals surface area contributed by atoms with Crippen LogP contribution in [-0.2, 0) is 24.4 Å². The molecule has 0 aromatic rings. The van der Waals surface area contributed by atoms with Crippen LogP contribution in [0.5, 0.6) is 0 Å². The number of aliphatic carboxylic acids is 1. The van der Waals surface area contributed by atoms with E-state index in [1.54, 1.807) is 0 Å². The SMILES string of the molecule is CC(C)CCCCCCCCCCCCCCCOC(=O)CC(C(=O)O)S(=O)(=O)O.[NaH].[NaH]. The fourth-order valence-electron chi connectivity index (χ4n) is 3.32.